The molecule has 2 rings (SSSR count). The fourth-order valence-electron chi connectivity index (χ4n) is 2.81. The maximum absolute atomic E-state index is 12.7. The van der Waals surface area contributed by atoms with Gasteiger partial charge in [-0.2, -0.15) is 0 Å². The molecule has 148 valence electrons. The molecule has 7 nitrogen and oxygen atoms in total. The predicted molar refractivity (Wildman–Crippen MR) is 103 cm³/mol. The van der Waals surface area contributed by atoms with Crippen molar-refractivity contribution < 1.29 is 19.1 Å². The van der Waals surface area contributed by atoms with Gasteiger partial charge in [0.2, 0.25) is 11.8 Å². The molecule has 27 heavy (non-hydrogen) atoms. The van der Waals surface area contributed by atoms with Gasteiger partial charge < -0.3 is 20.3 Å². The number of amides is 3. The topological polar surface area (TPSA) is 87.7 Å². The van der Waals surface area contributed by atoms with E-state index in [1.165, 1.54) is 0 Å². The summed E-state index contributed by atoms with van der Waals surface area (Å²) in [5.41, 5.74) is 0.553. The van der Waals surface area contributed by atoms with E-state index in [9.17, 15) is 14.4 Å². The van der Waals surface area contributed by atoms with Crippen molar-refractivity contribution in [3.05, 3.63) is 29.8 Å². The number of carbonyl (C=O) groups excluding carboxylic acids is 3. The van der Waals surface area contributed by atoms with Gasteiger partial charge in [0.05, 0.1) is 6.61 Å². The number of rotatable bonds is 5. The van der Waals surface area contributed by atoms with Crippen molar-refractivity contribution in [3.63, 3.8) is 0 Å². The molecular weight excluding hydrogens is 346 g/mol. The maximum Gasteiger partial charge on any atom is 0.409 e. The normalized spacial score (nSPS) is 15.2. The minimum atomic E-state index is -1.21. The van der Waals surface area contributed by atoms with Gasteiger partial charge in [-0.3, -0.25) is 9.59 Å². The number of hydrogen-bond donors (Lipinski definition) is 2. The molecule has 1 fully saturated rings. The Morgan fingerprint density at radius 1 is 1.11 bits per heavy atom. The zero-order valence-corrected chi connectivity index (χ0v) is 16.5. The van der Waals surface area contributed by atoms with Crippen molar-refractivity contribution >= 4 is 23.6 Å². The van der Waals surface area contributed by atoms with Crippen molar-refractivity contribution in [2.24, 2.45) is 5.41 Å². The van der Waals surface area contributed by atoms with E-state index in [1.807, 2.05) is 31.2 Å². The van der Waals surface area contributed by atoms with Crippen LogP contribution in [0.2, 0.25) is 0 Å². The van der Waals surface area contributed by atoms with Gasteiger partial charge in [-0.25, -0.2) is 4.79 Å². The van der Waals surface area contributed by atoms with Gasteiger partial charge in [0.25, 0.3) is 0 Å². The summed E-state index contributed by atoms with van der Waals surface area (Å²) in [5, 5.41) is 5.74. The second-order valence-corrected chi connectivity index (χ2v) is 7.38. The van der Waals surface area contributed by atoms with Gasteiger partial charge >= 0.3 is 6.09 Å². The standard InChI is InChI=1S/C20H29N3O4/c1-5-27-19(26)23-12-10-16(11-13-23)22-18(25)20(3,4)17(24)21-15-8-6-14(2)7-9-15/h6-9,16H,5,10-13H2,1-4H3,(H,21,24)(H,22,25). The second kappa shape index (κ2) is 8.88. The van der Waals surface area contributed by atoms with Crippen molar-refractivity contribution in [2.75, 3.05) is 25.0 Å². The molecule has 2 N–H and O–H groups in total. The van der Waals surface area contributed by atoms with E-state index in [2.05, 4.69) is 10.6 Å². The summed E-state index contributed by atoms with van der Waals surface area (Å²) in [4.78, 5) is 38.6. The minimum Gasteiger partial charge on any atom is -0.450 e. The first-order valence-corrected chi connectivity index (χ1v) is 9.34. The molecule has 1 aromatic rings. The number of anilines is 1. The third kappa shape index (κ3) is 5.45. The minimum absolute atomic E-state index is 0.0605. The third-order valence-electron chi connectivity index (χ3n) is 4.80. The molecule has 0 aliphatic carbocycles. The average molecular weight is 375 g/mol. The highest BCUT2D eigenvalue weighted by molar-refractivity contribution is 6.09. The lowest BCUT2D eigenvalue weighted by Crippen LogP contribution is -2.52. The molecule has 0 radical (unpaired) electrons. The molecule has 1 saturated heterocycles. The van der Waals surface area contributed by atoms with Crippen LogP contribution in [-0.2, 0) is 14.3 Å². The summed E-state index contributed by atoms with van der Waals surface area (Å²) in [5.74, 6) is -0.672. The quantitative estimate of drug-likeness (QED) is 0.775. The first-order chi connectivity index (χ1) is 12.7. The lowest BCUT2D eigenvalue weighted by molar-refractivity contribution is -0.139. The summed E-state index contributed by atoms with van der Waals surface area (Å²) in [6.45, 7) is 8.36. The van der Waals surface area contributed by atoms with E-state index < -0.39 is 5.41 Å². The third-order valence-corrected chi connectivity index (χ3v) is 4.80. The van der Waals surface area contributed by atoms with Crippen LogP contribution in [-0.4, -0.2) is 48.5 Å². The van der Waals surface area contributed by atoms with E-state index in [0.29, 0.717) is 38.2 Å². The number of aryl methyl sites for hydroxylation is 1. The number of carbonyl (C=O) groups is 3. The Morgan fingerprint density at radius 3 is 2.26 bits per heavy atom. The molecule has 1 aliphatic rings. The monoisotopic (exact) mass is 375 g/mol. The molecule has 1 aromatic carbocycles. The van der Waals surface area contributed by atoms with Gasteiger partial charge in [-0.1, -0.05) is 17.7 Å². The van der Waals surface area contributed by atoms with E-state index >= 15 is 0 Å². The lowest BCUT2D eigenvalue weighted by Gasteiger charge is -2.33. The van der Waals surface area contributed by atoms with Crippen LogP contribution in [0.15, 0.2) is 24.3 Å². The molecular formula is C20H29N3O4. The highest BCUT2D eigenvalue weighted by Crippen LogP contribution is 2.21. The molecule has 0 aromatic heterocycles. The Labute approximate surface area is 160 Å². The summed E-state index contributed by atoms with van der Waals surface area (Å²) in [6.07, 6.45) is 0.959. The number of hydrogen-bond acceptors (Lipinski definition) is 4. The maximum atomic E-state index is 12.7. The molecule has 0 unspecified atom stereocenters. The van der Waals surface area contributed by atoms with Crippen LogP contribution >= 0.6 is 0 Å². The van der Waals surface area contributed by atoms with E-state index in [4.69, 9.17) is 4.74 Å². The Morgan fingerprint density at radius 2 is 1.70 bits per heavy atom. The van der Waals surface area contributed by atoms with Crippen molar-refractivity contribution in [1.29, 1.82) is 0 Å². The van der Waals surface area contributed by atoms with Gasteiger partial charge in [-0.05, 0) is 52.7 Å². The van der Waals surface area contributed by atoms with Gasteiger partial charge in [-0.15, -0.1) is 0 Å². The SMILES string of the molecule is CCOC(=O)N1CCC(NC(=O)C(C)(C)C(=O)Nc2ccc(C)cc2)CC1. The van der Waals surface area contributed by atoms with E-state index in [1.54, 1.807) is 25.7 Å². The summed E-state index contributed by atoms with van der Waals surface area (Å²) in [7, 11) is 0. The van der Waals surface area contributed by atoms with Crippen LogP contribution in [0.25, 0.3) is 0 Å². The van der Waals surface area contributed by atoms with Crippen LogP contribution in [0.4, 0.5) is 10.5 Å². The zero-order chi connectivity index (χ0) is 20.0. The van der Waals surface area contributed by atoms with Crippen LogP contribution in [0.1, 0.15) is 39.2 Å². The Bertz CT molecular complexity index is 677. The predicted octanol–water partition coefficient (Wildman–Crippen LogP) is 2.70. The molecule has 7 heteroatoms. The van der Waals surface area contributed by atoms with Crippen LogP contribution in [0.3, 0.4) is 0 Å². The Kier molecular flexibility index (Phi) is 6.82. The van der Waals surface area contributed by atoms with Crippen molar-refractivity contribution in [3.8, 4) is 0 Å². The van der Waals surface area contributed by atoms with Crippen molar-refractivity contribution in [1.82, 2.24) is 10.2 Å². The van der Waals surface area contributed by atoms with Crippen LogP contribution < -0.4 is 10.6 Å². The molecule has 0 spiro atoms. The van der Waals surface area contributed by atoms with E-state index in [-0.39, 0.29) is 23.9 Å². The highest BCUT2D eigenvalue weighted by Gasteiger charge is 2.37. The highest BCUT2D eigenvalue weighted by atomic mass is 16.6. The van der Waals surface area contributed by atoms with Crippen LogP contribution in [0, 0.1) is 12.3 Å². The number of ether oxygens (including phenoxy) is 1. The Hall–Kier alpha value is -2.57. The molecule has 0 saturated carbocycles. The number of piperidine rings is 1. The second-order valence-electron chi connectivity index (χ2n) is 7.38. The van der Waals surface area contributed by atoms with Crippen molar-refractivity contribution in [2.45, 2.75) is 46.6 Å². The first-order valence-electron chi connectivity index (χ1n) is 9.34. The fraction of sp³-hybridized carbons (Fsp3) is 0.550. The zero-order valence-electron chi connectivity index (χ0n) is 16.5. The summed E-state index contributed by atoms with van der Waals surface area (Å²) >= 11 is 0. The fourth-order valence-corrected chi connectivity index (χ4v) is 2.81. The smallest absolute Gasteiger partial charge is 0.409 e. The molecule has 0 bridgehead atoms. The lowest BCUT2D eigenvalue weighted by atomic mass is 9.90. The van der Waals surface area contributed by atoms with Gasteiger partial charge in [0.15, 0.2) is 0 Å². The number of nitrogens with one attached hydrogen (secondary N) is 2. The largest absolute Gasteiger partial charge is 0.450 e. The summed E-state index contributed by atoms with van der Waals surface area (Å²) < 4.78 is 4.99. The Balaban J connectivity index is 1.87. The molecule has 1 aliphatic heterocycles. The number of likely N-dealkylation sites (tertiary alicyclic amines) is 1. The van der Waals surface area contributed by atoms with Crippen LogP contribution in [0.5, 0.6) is 0 Å². The first kappa shape index (κ1) is 20.7. The van der Waals surface area contributed by atoms with Gasteiger partial charge in [0, 0.05) is 24.8 Å². The molecule has 3 amide bonds. The molecule has 0 atom stereocenters. The number of benzene rings is 1. The van der Waals surface area contributed by atoms with E-state index in [0.717, 1.165) is 5.56 Å². The average Bonchev–Trinajstić information content (AvgIpc) is 2.64. The molecule has 1 heterocycles. The summed E-state index contributed by atoms with van der Waals surface area (Å²) in [6, 6.07) is 7.37. The van der Waals surface area contributed by atoms with Gasteiger partial charge in [0.1, 0.15) is 5.41 Å². The number of nitrogens with zero attached hydrogens (tertiary/aromatic N) is 1.